The first-order valence-electron chi connectivity index (χ1n) is 13.0. The van der Waals surface area contributed by atoms with Gasteiger partial charge >= 0.3 is 11.9 Å². The topological polar surface area (TPSA) is 101 Å². The van der Waals surface area contributed by atoms with E-state index in [1.807, 2.05) is 0 Å². The number of anilines is 1. The van der Waals surface area contributed by atoms with Gasteiger partial charge in [0.25, 0.3) is 0 Å². The van der Waals surface area contributed by atoms with Crippen molar-refractivity contribution in [2.24, 2.45) is 0 Å². The fraction of sp³-hybridized carbons (Fsp3) is 0.333. The molecule has 40 heavy (non-hydrogen) atoms. The van der Waals surface area contributed by atoms with E-state index >= 15 is 0 Å². The summed E-state index contributed by atoms with van der Waals surface area (Å²) in [6, 6.07) is 13.8. The molecule has 0 unspecified atom stereocenters. The largest absolute Gasteiger partial charge is 0.426 e. The van der Waals surface area contributed by atoms with Crippen LogP contribution in [0.15, 0.2) is 54.7 Å². The van der Waals surface area contributed by atoms with Crippen molar-refractivity contribution in [3.8, 4) is 11.5 Å². The highest BCUT2D eigenvalue weighted by molar-refractivity contribution is 6.31. The van der Waals surface area contributed by atoms with Gasteiger partial charge in [-0.3, -0.25) is 24.2 Å². The average Bonchev–Trinajstić information content (AvgIpc) is 3.67. The minimum Gasteiger partial charge on any atom is -0.426 e. The van der Waals surface area contributed by atoms with Crippen LogP contribution in [0.2, 0.25) is 5.15 Å². The normalized spacial score (nSPS) is 15.6. The Hall–Kier alpha value is -3.79. The third-order valence-electron chi connectivity index (χ3n) is 6.97. The molecule has 2 heterocycles. The molecule has 10 heteroatoms. The zero-order valence-electron chi connectivity index (χ0n) is 22.9. The van der Waals surface area contributed by atoms with Crippen LogP contribution in [0.1, 0.15) is 41.0 Å². The van der Waals surface area contributed by atoms with Crippen LogP contribution in [0.4, 0.5) is 5.69 Å². The van der Waals surface area contributed by atoms with Crippen molar-refractivity contribution >= 4 is 35.1 Å². The van der Waals surface area contributed by atoms with Crippen LogP contribution in [0.3, 0.4) is 0 Å². The average molecular weight is 563 g/mol. The van der Waals surface area contributed by atoms with Crippen LogP contribution in [0.25, 0.3) is 0 Å². The van der Waals surface area contributed by atoms with Crippen LogP contribution >= 0.6 is 11.6 Å². The van der Waals surface area contributed by atoms with Gasteiger partial charge in [-0.15, -0.1) is 0 Å². The van der Waals surface area contributed by atoms with E-state index in [-0.39, 0.29) is 36.9 Å². The first kappa shape index (κ1) is 27.8. The molecule has 0 saturated heterocycles. The maximum atomic E-state index is 14.1. The standard InChI is InChI=1S/C30H31ClN4O5/c1-34(2)16-24(36)39-21-11-7-19(8-12-21)30(20-9-13-22(14-10-20)40-25(37)17-35(3)4)23-15-32-28(31)26(18-5-6-18)27(23)33-29(30)38/h7-15,18H,5-6,16-17H2,1-4H3,(H,33,38). The van der Waals surface area contributed by atoms with Gasteiger partial charge in [0.1, 0.15) is 22.1 Å². The molecule has 0 radical (unpaired) electrons. The lowest BCUT2D eigenvalue weighted by molar-refractivity contribution is -0.136. The number of nitrogens with one attached hydrogen (secondary N) is 1. The molecule has 2 aliphatic rings. The number of benzene rings is 2. The highest BCUT2D eigenvalue weighted by Crippen LogP contribution is 2.54. The van der Waals surface area contributed by atoms with E-state index in [0.29, 0.717) is 39.0 Å². The summed E-state index contributed by atoms with van der Waals surface area (Å²) in [6.07, 6.45) is 3.62. The molecule has 1 N–H and O–H groups in total. The van der Waals surface area contributed by atoms with Crippen LogP contribution in [0, 0.1) is 0 Å². The highest BCUT2D eigenvalue weighted by Gasteiger charge is 2.52. The van der Waals surface area contributed by atoms with Crippen molar-refractivity contribution in [3.05, 3.63) is 82.1 Å². The molecule has 1 aromatic heterocycles. The molecular formula is C30H31ClN4O5. The molecule has 208 valence electrons. The summed E-state index contributed by atoms with van der Waals surface area (Å²) in [4.78, 5) is 46.4. The third-order valence-corrected chi connectivity index (χ3v) is 7.27. The van der Waals surface area contributed by atoms with Crippen molar-refractivity contribution in [1.29, 1.82) is 0 Å². The van der Waals surface area contributed by atoms with Crippen LogP contribution in [0.5, 0.6) is 11.5 Å². The number of carbonyl (C=O) groups is 3. The lowest BCUT2D eigenvalue weighted by Gasteiger charge is -2.29. The van der Waals surface area contributed by atoms with Gasteiger partial charge in [0, 0.05) is 17.3 Å². The molecule has 1 amide bonds. The van der Waals surface area contributed by atoms with E-state index in [4.69, 9.17) is 21.1 Å². The van der Waals surface area contributed by atoms with Crippen LogP contribution < -0.4 is 14.8 Å². The summed E-state index contributed by atoms with van der Waals surface area (Å²) < 4.78 is 10.9. The third kappa shape index (κ3) is 5.32. The summed E-state index contributed by atoms with van der Waals surface area (Å²) in [6.45, 7) is 0.284. The van der Waals surface area contributed by atoms with Gasteiger partial charge in [-0.05, 0) is 82.3 Å². The Morgan fingerprint density at radius 2 is 1.38 bits per heavy atom. The maximum Gasteiger partial charge on any atom is 0.325 e. The molecule has 2 aromatic carbocycles. The number of esters is 2. The van der Waals surface area contributed by atoms with Gasteiger partial charge in [0.05, 0.1) is 18.8 Å². The molecule has 9 nitrogen and oxygen atoms in total. The van der Waals surface area contributed by atoms with Crippen molar-refractivity contribution in [2.45, 2.75) is 24.2 Å². The number of nitrogens with zero attached hydrogens (tertiary/aromatic N) is 3. The van der Waals surface area contributed by atoms with E-state index in [1.165, 1.54) is 0 Å². The highest BCUT2D eigenvalue weighted by atomic mass is 35.5. The lowest BCUT2D eigenvalue weighted by atomic mass is 9.70. The molecule has 1 aliphatic heterocycles. The van der Waals surface area contributed by atoms with Gasteiger partial charge in [-0.1, -0.05) is 35.9 Å². The summed E-state index contributed by atoms with van der Waals surface area (Å²) in [5, 5.41) is 3.50. The fourth-order valence-electron chi connectivity index (χ4n) is 5.13. The van der Waals surface area contributed by atoms with Crippen molar-refractivity contribution in [1.82, 2.24) is 14.8 Å². The number of halogens is 1. The number of amides is 1. The number of ether oxygens (including phenoxy) is 2. The van der Waals surface area contributed by atoms with E-state index < -0.39 is 5.41 Å². The number of hydrogen-bond acceptors (Lipinski definition) is 8. The molecular weight excluding hydrogens is 532 g/mol. The number of pyridine rings is 1. The quantitative estimate of drug-likeness (QED) is 0.239. The zero-order chi connectivity index (χ0) is 28.6. The molecule has 1 aliphatic carbocycles. The Balaban J connectivity index is 1.58. The molecule has 0 spiro atoms. The fourth-order valence-corrected chi connectivity index (χ4v) is 5.42. The minimum atomic E-state index is -1.26. The summed E-state index contributed by atoms with van der Waals surface area (Å²) in [5.41, 5.74) is 2.32. The molecule has 0 bridgehead atoms. The monoisotopic (exact) mass is 562 g/mol. The first-order valence-corrected chi connectivity index (χ1v) is 13.4. The smallest absolute Gasteiger partial charge is 0.325 e. The van der Waals surface area contributed by atoms with E-state index in [2.05, 4.69) is 10.3 Å². The number of hydrogen-bond donors (Lipinski definition) is 1. The van der Waals surface area contributed by atoms with Gasteiger partial charge in [0.15, 0.2) is 0 Å². The number of rotatable bonds is 9. The van der Waals surface area contributed by atoms with Gasteiger partial charge in [-0.2, -0.15) is 0 Å². The zero-order valence-corrected chi connectivity index (χ0v) is 23.6. The summed E-state index contributed by atoms with van der Waals surface area (Å²) >= 11 is 6.52. The van der Waals surface area contributed by atoms with E-state index in [0.717, 1.165) is 18.4 Å². The van der Waals surface area contributed by atoms with Gasteiger partial charge in [0.2, 0.25) is 5.91 Å². The Kier molecular flexibility index (Phi) is 7.63. The van der Waals surface area contributed by atoms with Gasteiger partial charge in [-0.25, -0.2) is 4.98 Å². The summed E-state index contributed by atoms with van der Waals surface area (Å²) in [5.74, 6) is -0.0143. The maximum absolute atomic E-state index is 14.1. The number of carbonyl (C=O) groups excluding carboxylic acids is 3. The molecule has 0 atom stereocenters. The molecule has 1 saturated carbocycles. The minimum absolute atomic E-state index is 0.142. The van der Waals surface area contributed by atoms with Crippen LogP contribution in [-0.2, 0) is 19.8 Å². The van der Waals surface area contributed by atoms with Crippen molar-refractivity contribution in [3.63, 3.8) is 0 Å². The number of aromatic nitrogens is 1. The second kappa shape index (κ2) is 11.0. The summed E-state index contributed by atoms with van der Waals surface area (Å²) in [7, 11) is 7.15. The predicted octanol–water partition coefficient (Wildman–Crippen LogP) is 3.83. The molecule has 5 rings (SSSR count). The van der Waals surface area contributed by atoms with E-state index in [1.54, 1.807) is 92.7 Å². The van der Waals surface area contributed by atoms with Crippen molar-refractivity contribution < 1.29 is 23.9 Å². The lowest BCUT2D eigenvalue weighted by Crippen LogP contribution is -2.37. The second-order valence-electron chi connectivity index (χ2n) is 10.7. The first-order chi connectivity index (χ1) is 19.1. The number of likely N-dealkylation sites (N-methyl/N-ethyl adjacent to an activating group) is 2. The van der Waals surface area contributed by atoms with Gasteiger partial charge < -0.3 is 14.8 Å². The molecule has 3 aromatic rings. The second-order valence-corrected chi connectivity index (χ2v) is 11.1. The Labute approximate surface area is 238 Å². The molecule has 1 fully saturated rings. The Morgan fingerprint density at radius 1 is 0.900 bits per heavy atom. The SMILES string of the molecule is CN(C)CC(=O)Oc1ccc(C2(c3ccc(OC(=O)CN(C)C)cc3)C(=O)Nc3c2cnc(Cl)c3C2CC2)cc1. The Morgan fingerprint density at radius 3 is 1.80 bits per heavy atom. The predicted molar refractivity (Wildman–Crippen MR) is 151 cm³/mol. The van der Waals surface area contributed by atoms with Crippen LogP contribution in [-0.4, -0.2) is 73.9 Å². The van der Waals surface area contributed by atoms with Crippen molar-refractivity contribution in [2.75, 3.05) is 46.6 Å². The van der Waals surface area contributed by atoms with E-state index in [9.17, 15) is 14.4 Å². The number of fused-ring (bicyclic) bond motifs is 1. The Bertz CT molecular complexity index is 1380.